The van der Waals surface area contributed by atoms with Crippen LogP contribution in [-0.2, 0) is 0 Å². The quantitative estimate of drug-likeness (QED) is 0.718. The van der Waals surface area contributed by atoms with Gasteiger partial charge in [0, 0.05) is 19.1 Å². The molecule has 0 fully saturated rings. The highest BCUT2D eigenvalue weighted by atomic mass is 32.1. The minimum Gasteiger partial charge on any atom is -0.350 e. The van der Waals surface area contributed by atoms with Crippen molar-refractivity contribution in [2.75, 3.05) is 13.1 Å². The van der Waals surface area contributed by atoms with Gasteiger partial charge in [0.1, 0.15) is 0 Å². The molecule has 1 heterocycles. The molecule has 1 aromatic heterocycles. The minimum absolute atomic E-state index is 0.0277. The Bertz CT molecular complexity index is 298. The second-order valence-corrected chi connectivity index (χ2v) is 4.82. The second-order valence-electron chi connectivity index (χ2n) is 3.88. The van der Waals surface area contributed by atoms with Crippen LogP contribution in [0.1, 0.15) is 36.4 Å². The number of rotatable bonds is 7. The number of thiophene rings is 1. The predicted molar refractivity (Wildman–Crippen MR) is 69.0 cm³/mol. The molecule has 2 N–H and O–H groups in total. The zero-order valence-corrected chi connectivity index (χ0v) is 10.8. The first-order valence-electron chi connectivity index (χ1n) is 5.79. The smallest absolute Gasteiger partial charge is 0.261 e. The van der Waals surface area contributed by atoms with Crippen molar-refractivity contribution in [3.63, 3.8) is 0 Å². The number of hydrogen-bond donors (Lipinski definition) is 2. The van der Waals surface area contributed by atoms with Crippen LogP contribution in [0.15, 0.2) is 17.5 Å². The summed E-state index contributed by atoms with van der Waals surface area (Å²) in [5.74, 6) is 0.0277. The molecule has 0 bridgehead atoms. The molecule has 0 radical (unpaired) electrons. The van der Waals surface area contributed by atoms with E-state index in [0.717, 1.165) is 11.4 Å². The van der Waals surface area contributed by atoms with Crippen molar-refractivity contribution in [1.29, 1.82) is 0 Å². The lowest BCUT2D eigenvalue weighted by atomic mass is 10.2. The Balaban J connectivity index is 2.09. The molecule has 1 unspecified atom stereocenters. The lowest BCUT2D eigenvalue weighted by molar-refractivity contribution is 0.0957. The average Bonchev–Trinajstić information content (AvgIpc) is 2.78. The predicted octanol–water partition coefficient (Wildman–Crippen LogP) is 2.26. The summed E-state index contributed by atoms with van der Waals surface area (Å²) in [7, 11) is 0. The van der Waals surface area contributed by atoms with E-state index in [1.807, 2.05) is 17.5 Å². The van der Waals surface area contributed by atoms with Crippen molar-refractivity contribution in [3.8, 4) is 0 Å². The SMILES string of the molecule is CCCC(C)NCCNC(=O)c1cccs1. The van der Waals surface area contributed by atoms with Gasteiger partial charge in [-0.25, -0.2) is 0 Å². The van der Waals surface area contributed by atoms with Gasteiger partial charge in [-0.05, 0) is 24.8 Å². The van der Waals surface area contributed by atoms with Crippen molar-refractivity contribution >= 4 is 17.2 Å². The highest BCUT2D eigenvalue weighted by Gasteiger charge is 2.05. The fraction of sp³-hybridized carbons (Fsp3) is 0.583. The van der Waals surface area contributed by atoms with Crippen LogP contribution in [0.2, 0.25) is 0 Å². The van der Waals surface area contributed by atoms with Crippen LogP contribution in [0.5, 0.6) is 0 Å². The Morgan fingerprint density at radius 2 is 2.31 bits per heavy atom. The van der Waals surface area contributed by atoms with Crippen LogP contribution < -0.4 is 10.6 Å². The van der Waals surface area contributed by atoms with Crippen molar-refractivity contribution in [1.82, 2.24) is 10.6 Å². The maximum absolute atomic E-state index is 11.5. The normalized spacial score (nSPS) is 12.4. The third-order valence-electron chi connectivity index (χ3n) is 2.37. The molecule has 16 heavy (non-hydrogen) atoms. The summed E-state index contributed by atoms with van der Waals surface area (Å²) in [5, 5.41) is 8.18. The lowest BCUT2D eigenvalue weighted by Gasteiger charge is -2.12. The Labute approximate surface area is 101 Å². The minimum atomic E-state index is 0.0277. The van der Waals surface area contributed by atoms with Gasteiger partial charge in [-0.15, -0.1) is 11.3 Å². The standard InChI is InChI=1S/C12H20N2OS/c1-3-5-10(2)13-7-8-14-12(15)11-6-4-9-16-11/h4,6,9-10,13H,3,5,7-8H2,1-2H3,(H,14,15). The fourth-order valence-corrected chi connectivity index (χ4v) is 2.16. The summed E-state index contributed by atoms with van der Waals surface area (Å²) in [6.07, 6.45) is 2.37. The molecule has 4 heteroatoms. The molecule has 0 aromatic carbocycles. The molecule has 3 nitrogen and oxygen atoms in total. The van der Waals surface area contributed by atoms with E-state index >= 15 is 0 Å². The van der Waals surface area contributed by atoms with E-state index in [1.165, 1.54) is 24.2 Å². The van der Waals surface area contributed by atoms with E-state index in [-0.39, 0.29) is 5.91 Å². The largest absolute Gasteiger partial charge is 0.350 e. The monoisotopic (exact) mass is 240 g/mol. The average molecular weight is 240 g/mol. The third kappa shape index (κ3) is 4.77. The van der Waals surface area contributed by atoms with Gasteiger partial charge < -0.3 is 10.6 Å². The van der Waals surface area contributed by atoms with Crippen LogP contribution in [0, 0.1) is 0 Å². The van der Waals surface area contributed by atoms with Gasteiger partial charge >= 0.3 is 0 Å². The van der Waals surface area contributed by atoms with Gasteiger partial charge in [-0.2, -0.15) is 0 Å². The Hall–Kier alpha value is -0.870. The first-order valence-corrected chi connectivity index (χ1v) is 6.67. The van der Waals surface area contributed by atoms with Crippen LogP contribution >= 0.6 is 11.3 Å². The number of carbonyl (C=O) groups excluding carboxylic acids is 1. The van der Waals surface area contributed by atoms with Gasteiger partial charge in [0.15, 0.2) is 0 Å². The fourth-order valence-electron chi connectivity index (χ4n) is 1.52. The van der Waals surface area contributed by atoms with Crippen molar-refractivity contribution < 1.29 is 4.79 Å². The van der Waals surface area contributed by atoms with Crippen LogP contribution in [0.25, 0.3) is 0 Å². The molecule has 1 atom stereocenters. The number of amides is 1. The topological polar surface area (TPSA) is 41.1 Å². The molecule has 1 aromatic rings. The lowest BCUT2D eigenvalue weighted by Crippen LogP contribution is -2.35. The molecule has 90 valence electrons. The van der Waals surface area contributed by atoms with Crippen molar-refractivity contribution in [2.45, 2.75) is 32.7 Å². The molecule has 0 saturated carbocycles. The van der Waals surface area contributed by atoms with E-state index in [1.54, 1.807) is 0 Å². The Morgan fingerprint density at radius 1 is 1.50 bits per heavy atom. The summed E-state index contributed by atoms with van der Waals surface area (Å²) < 4.78 is 0. The van der Waals surface area contributed by atoms with Gasteiger partial charge in [0.05, 0.1) is 4.88 Å². The number of hydrogen-bond acceptors (Lipinski definition) is 3. The van der Waals surface area contributed by atoms with Crippen LogP contribution in [-0.4, -0.2) is 25.0 Å². The van der Waals surface area contributed by atoms with E-state index < -0.39 is 0 Å². The summed E-state index contributed by atoms with van der Waals surface area (Å²) in [5.41, 5.74) is 0. The summed E-state index contributed by atoms with van der Waals surface area (Å²) in [6, 6.07) is 4.26. The molecule has 0 aliphatic rings. The number of carbonyl (C=O) groups is 1. The van der Waals surface area contributed by atoms with Gasteiger partial charge in [-0.1, -0.05) is 19.4 Å². The van der Waals surface area contributed by atoms with E-state index in [2.05, 4.69) is 24.5 Å². The summed E-state index contributed by atoms with van der Waals surface area (Å²) in [6.45, 7) is 5.87. The molecular weight excluding hydrogens is 220 g/mol. The Morgan fingerprint density at radius 3 is 2.94 bits per heavy atom. The highest BCUT2D eigenvalue weighted by Crippen LogP contribution is 2.07. The van der Waals surface area contributed by atoms with Crippen LogP contribution in [0.4, 0.5) is 0 Å². The molecule has 0 aliphatic heterocycles. The summed E-state index contributed by atoms with van der Waals surface area (Å²) in [4.78, 5) is 12.3. The molecule has 0 saturated heterocycles. The van der Waals surface area contributed by atoms with Crippen molar-refractivity contribution in [2.24, 2.45) is 0 Å². The van der Waals surface area contributed by atoms with Crippen molar-refractivity contribution in [3.05, 3.63) is 22.4 Å². The zero-order valence-electron chi connectivity index (χ0n) is 9.95. The van der Waals surface area contributed by atoms with E-state index in [9.17, 15) is 4.79 Å². The molecule has 1 rings (SSSR count). The van der Waals surface area contributed by atoms with E-state index in [0.29, 0.717) is 12.6 Å². The van der Waals surface area contributed by atoms with Gasteiger partial charge in [0.2, 0.25) is 0 Å². The first kappa shape index (κ1) is 13.2. The molecule has 1 amide bonds. The van der Waals surface area contributed by atoms with Gasteiger partial charge in [0.25, 0.3) is 5.91 Å². The van der Waals surface area contributed by atoms with Gasteiger partial charge in [-0.3, -0.25) is 4.79 Å². The number of nitrogens with one attached hydrogen (secondary N) is 2. The first-order chi connectivity index (χ1) is 7.74. The third-order valence-corrected chi connectivity index (χ3v) is 3.24. The molecular formula is C12H20N2OS. The van der Waals surface area contributed by atoms with Crippen LogP contribution in [0.3, 0.4) is 0 Å². The molecule has 0 aliphatic carbocycles. The second kappa shape index (κ2) is 7.41. The summed E-state index contributed by atoms with van der Waals surface area (Å²) >= 11 is 1.47. The maximum atomic E-state index is 11.5. The highest BCUT2D eigenvalue weighted by molar-refractivity contribution is 7.12. The zero-order chi connectivity index (χ0) is 11.8. The Kier molecular flexibility index (Phi) is 6.11. The molecule has 0 spiro atoms. The van der Waals surface area contributed by atoms with E-state index in [4.69, 9.17) is 0 Å². The maximum Gasteiger partial charge on any atom is 0.261 e.